The van der Waals surface area contributed by atoms with Gasteiger partial charge in [0.15, 0.2) is 0 Å². The number of pyridine rings is 1. The first-order valence-electron chi connectivity index (χ1n) is 10.5. The number of likely N-dealkylation sites (tertiary alicyclic amines) is 1. The van der Waals surface area contributed by atoms with Gasteiger partial charge in [0.05, 0.1) is 6.61 Å². The van der Waals surface area contributed by atoms with Crippen LogP contribution in [0, 0.1) is 0 Å². The number of piperidine rings is 1. The van der Waals surface area contributed by atoms with E-state index in [9.17, 15) is 4.79 Å². The molecule has 0 aliphatic carbocycles. The second kappa shape index (κ2) is 7.58. The van der Waals surface area contributed by atoms with Crippen molar-refractivity contribution in [2.45, 2.75) is 24.8 Å². The highest BCUT2D eigenvalue weighted by Crippen LogP contribution is 2.46. The molecule has 2 N–H and O–H groups in total. The number of hydrogen-bond acceptors (Lipinski definition) is 4. The summed E-state index contributed by atoms with van der Waals surface area (Å²) in [6.45, 7) is 2.61. The molecule has 0 bridgehead atoms. The van der Waals surface area contributed by atoms with Crippen LogP contribution in [0.2, 0.25) is 0 Å². The summed E-state index contributed by atoms with van der Waals surface area (Å²) in [7, 11) is 0. The summed E-state index contributed by atoms with van der Waals surface area (Å²) < 4.78 is 5.98. The van der Waals surface area contributed by atoms with E-state index in [1.807, 2.05) is 59.5 Å². The van der Waals surface area contributed by atoms with Gasteiger partial charge in [-0.25, -0.2) is 0 Å². The summed E-state index contributed by atoms with van der Waals surface area (Å²) in [5.74, 6) is 0.960. The Balaban J connectivity index is 1.33. The SMILES string of the molecule is NCc1ccc2c(c1)C1(CCN(C(=O)c3cc(-c4ccccc4)ccn3)CC1)CO2. The highest BCUT2D eigenvalue weighted by Gasteiger charge is 2.44. The Labute approximate surface area is 176 Å². The number of nitrogens with two attached hydrogens (primary N) is 1. The predicted octanol–water partition coefficient (Wildman–Crippen LogP) is 3.77. The average molecular weight is 399 g/mol. The summed E-state index contributed by atoms with van der Waals surface area (Å²) >= 11 is 0. The molecular weight excluding hydrogens is 374 g/mol. The van der Waals surface area contributed by atoms with Crippen molar-refractivity contribution in [2.75, 3.05) is 19.7 Å². The molecular formula is C25H25N3O2. The maximum absolute atomic E-state index is 13.1. The van der Waals surface area contributed by atoms with E-state index in [1.165, 1.54) is 5.56 Å². The Bertz CT molecular complexity index is 1070. The van der Waals surface area contributed by atoms with Gasteiger partial charge in [0.25, 0.3) is 5.91 Å². The highest BCUT2D eigenvalue weighted by atomic mass is 16.5. The van der Waals surface area contributed by atoms with Crippen molar-refractivity contribution >= 4 is 5.91 Å². The average Bonchev–Trinajstić information content (AvgIpc) is 3.17. The van der Waals surface area contributed by atoms with Gasteiger partial charge in [-0.1, -0.05) is 42.5 Å². The van der Waals surface area contributed by atoms with Crippen LogP contribution in [0.5, 0.6) is 5.75 Å². The second-order valence-corrected chi connectivity index (χ2v) is 8.19. The molecule has 2 aromatic carbocycles. The van der Waals surface area contributed by atoms with Crippen LogP contribution in [0.4, 0.5) is 0 Å². The van der Waals surface area contributed by atoms with E-state index < -0.39 is 0 Å². The molecule has 1 amide bonds. The highest BCUT2D eigenvalue weighted by molar-refractivity contribution is 5.93. The van der Waals surface area contributed by atoms with Crippen LogP contribution >= 0.6 is 0 Å². The van der Waals surface area contributed by atoms with Gasteiger partial charge in [-0.2, -0.15) is 0 Å². The van der Waals surface area contributed by atoms with Gasteiger partial charge in [-0.3, -0.25) is 9.78 Å². The fraction of sp³-hybridized carbons (Fsp3) is 0.280. The summed E-state index contributed by atoms with van der Waals surface area (Å²) in [5, 5.41) is 0. The number of amides is 1. The van der Waals surface area contributed by atoms with Crippen molar-refractivity contribution in [1.82, 2.24) is 9.88 Å². The van der Waals surface area contributed by atoms with Crippen LogP contribution in [-0.4, -0.2) is 35.5 Å². The van der Waals surface area contributed by atoms with Gasteiger partial charge < -0.3 is 15.4 Å². The normalized spacial score (nSPS) is 16.9. The molecule has 152 valence electrons. The fourth-order valence-electron chi connectivity index (χ4n) is 4.61. The Kier molecular flexibility index (Phi) is 4.75. The summed E-state index contributed by atoms with van der Waals surface area (Å²) in [6, 6.07) is 20.2. The number of benzene rings is 2. The van der Waals surface area contributed by atoms with Crippen LogP contribution < -0.4 is 10.5 Å². The lowest BCUT2D eigenvalue weighted by atomic mass is 9.74. The number of rotatable bonds is 3. The van der Waals surface area contributed by atoms with Crippen molar-refractivity contribution in [2.24, 2.45) is 5.73 Å². The van der Waals surface area contributed by atoms with E-state index in [4.69, 9.17) is 10.5 Å². The van der Waals surface area contributed by atoms with Crippen molar-refractivity contribution in [1.29, 1.82) is 0 Å². The van der Waals surface area contributed by atoms with Gasteiger partial charge in [-0.05, 0) is 47.7 Å². The van der Waals surface area contributed by atoms with Crippen LogP contribution in [0.1, 0.15) is 34.5 Å². The minimum Gasteiger partial charge on any atom is -0.492 e. The van der Waals surface area contributed by atoms with E-state index in [2.05, 4.69) is 11.1 Å². The number of nitrogens with zero attached hydrogens (tertiary/aromatic N) is 2. The maximum atomic E-state index is 13.1. The van der Waals surface area contributed by atoms with Crippen molar-refractivity contribution < 1.29 is 9.53 Å². The first-order valence-corrected chi connectivity index (χ1v) is 10.5. The number of hydrogen-bond donors (Lipinski definition) is 1. The van der Waals surface area contributed by atoms with Gasteiger partial charge in [-0.15, -0.1) is 0 Å². The molecule has 1 aromatic heterocycles. The molecule has 0 radical (unpaired) electrons. The number of aromatic nitrogens is 1. The van der Waals surface area contributed by atoms with E-state index in [0.717, 1.165) is 35.3 Å². The molecule has 1 spiro atoms. The first-order chi connectivity index (χ1) is 14.7. The number of carbonyl (C=O) groups excluding carboxylic acids is 1. The van der Waals surface area contributed by atoms with Crippen molar-refractivity contribution in [3.8, 4) is 16.9 Å². The van der Waals surface area contributed by atoms with Crippen LogP contribution in [-0.2, 0) is 12.0 Å². The Morgan fingerprint density at radius 3 is 2.60 bits per heavy atom. The molecule has 2 aliphatic heterocycles. The van der Waals surface area contributed by atoms with Crippen LogP contribution in [0.3, 0.4) is 0 Å². The second-order valence-electron chi connectivity index (χ2n) is 8.19. The van der Waals surface area contributed by atoms with Gasteiger partial charge >= 0.3 is 0 Å². The summed E-state index contributed by atoms with van der Waals surface area (Å²) in [4.78, 5) is 19.4. The van der Waals surface area contributed by atoms with E-state index in [-0.39, 0.29) is 11.3 Å². The standard InChI is InChI=1S/C25H25N3O2/c26-16-18-6-7-23-21(14-18)25(17-30-23)9-12-28(13-10-25)24(29)22-15-20(8-11-27-22)19-4-2-1-3-5-19/h1-8,11,14-15H,9-10,12-13,16-17,26H2. The van der Waals surface area contributed by atoms with Gasteiger partial charge in [0.2, 0.25) is 0 Å². The molecule has 5 rings (SSSR count). The zero-order valence-electron chi connectivity index (χ0n) is 16.9. The number of fused-ring (bicyclic) bond motifs is 2. The fourth-order valence-corrected chi connectivity index (χ4v) is 4.61. The molecule has 5 heteroatoms. The molecule has 3 aromatic rings. The molecule has 1 fully saturated rings. The molecule has 5 nitrogen and oxygen atoms in total. The maximum Gasteiger partial charge on any atom is 0.272 e. The lowest BCUT2D eigenvalue weighted by molar-refractivity contribution is 0.0641. The third kappa shape index (κ3) is 3.25. The van der Waals surface area contributed by atoms with E-state index in [1.54, 1.807) is 6.20 Å². The third-order valence-corrected chi connectivity index (χ3v) is 6.45. The van der Waals surface area contributed by atoms with Gasteiger partial charge in [0.1, 0.15) is 11.4 Å². The molecule has 1 saturated heterocycles. The molecule has 0 unspecified atom stereocenters. The quantitative estimate of drug-likeness (QED) is 0.728. The van der Waals surface area contributed by atoms with E-state index >= 15 is 0 Å². The zero-order chi connectivity index (χ0) is 20.6. The zero-order valence-corrected chi connectivity index (χ0v) is 16.9. The molecule has 0 saturated carbocycles. The largest absolute Gasteiger partial charge is 0.492 e. The number of ether oxygens (including phenoxy) is 1. The molecule has 0 atom stereocenters. The van der Waals surface area contributed by atoms with Crippen molar-refractivity contribution in [3.05, 3.63) is 83.7 Å². The third-order valence-electron chi connectivity index (χ3n) is 6.45. The minimum atomic E-state index is -0.0173. The Hall–Kier alpha value is -3.18. The van der Waals surface area contributed by atoms with Crippen molar-refractivity contribution in [3.63, 3.8) is 0 Å². The van der Waals surface area contributed by atoms with E-state index in [0.29, 0.717) is 31.9 Å². The number of carbonyl (C=O) groups is 1. The monoisotopic (exact) mass is 399 g/mol. The molecule has 30 heavy (non-hydrogen) atoms. The van der Waals surface area contributed by atoms with Gasteiger partial charge in [0, 0.05) is 36.8 Å². The summed E-state index contributed by atoms with van der Waals surface area (Å²) in [6.07, 6.45) is 3.49. The Morgan fingerprint density at radius 1 is 1.03 bits per heavy atom. The molecule has 2 aliphatic rings. The minimum absolute atomic E-state index is 0.00233. The topological polar surface area (TPSA) is 68.5 Å². The lowest BCUT2D eigenvalue weighted by Gasteiger charge is -2.38. The molecule has 3 heterocycles. The van der Waals surface area contributed by atoms with Crippen LogP contribution in [0.25, 0.3) is 11.1 Å². The summed E-state index contributed by atoms with van der Waals surface area (Å²) in [5.41, 5.74) is 10.8. The Morgan fingerprint density at radius 2 is 1.83 bits per heavy atom. The first kappa shape index (κ1) is 18.8. The van der Waals surface area contributed by atoms with Crippen LogP contribution in [0.15, 0.2) is 66.9 Å². The smallest absolute Gasteiger partial charge is 0.272 e. The predicted molar refractivity (Wildman–Crippen MR) is 116 cm³/mol. The lowest BCUT2D eigenvalue weighted by Crippen LogP contribution is -2.46.